The lowest BCUT2D eigenvalue weighted by atomic mass is 10.0. The molecule has 3 aromatic rings. The van der Waals surface area contributed by atoms with E-state index in [9.17, 15) is 24.0 Å². The first-order valence-electron chi connectivity index (χ1n) is 12.4. The molecule has 1 atom stereocenters. The van der Waals surface area contributed by atoms with Crippen LogP contribution in [0.15, 0.2) is 83.8 Å². The molecule has 4 rings (SSSR count). The van der Waals surface area contributed by atoms with Crippen LogP contribution in [0.25, 0.3) is 0 Å². The predicted molar refractivity (Wildman–Crippen MR) is 150 cm³/mol. The molecule has 3 amide bonds. The Hall–Kier alpha value is -4.64. The van der Waals surface area contributed by atoms with E-state index in [1.165, 1.54) is 24.1 Å². The summed E-state index contributed by atoms with van der Waals surface area (Å²) in [4.78, 5) is 66.4. The molecule has 0 aliphatic carbocycles. The van der Waals surface area contributed by atoms with Crippen LogP contribution < -0.4 is 19.7 Å². The molecule has 0 unspecified atom stereocenters. The van der Waals surface area contributed by atoms with Gasteiger partial charge in [0.2, 0.25) is 5.91 Å². The number of carbonyl (C=O) groups excluding carboxylic acids is 5. The summed E-state index contributed by atoms with van der Waals surface area (Å²) in [6.07, 6.45) is 0.155. The van der Waals surface area contributed by atoms with E-state index in [4.69, 9.17) is 9.47 Å². The van der Waals surface area contributed by atoms with Gasteiger partial charge in [-0.3, -0.25) is 19.1 Å². The van der Waals surface area contributed by atoms with Gasteiger partial charge in [0.1, 0.15) is 11.8 Å². The molecule has 0 radical (unpaired) electrons. The lowest BCUT2D eigenvalue weighted by molar-refractivity contribution is -0.122. The van der Waals surface area contributed by atoms with Crippen LogP contribution >= 0.6 is 10.2 Å². The number of nitrogens with one attached hydrogen (secondary N) is 2. The first kappa shape index (κ1) is 28.4. The molecule has 1 fully saturated rings. The van der Waals surface area contributed by atoms with Crippen molar-refractivity contribution in [3.05, 3.63) is 90.0 Å². The zero-order chi connectivity index (χ0) is 28.9. The number of ether oxygens (including phenoxy) is 2. The van der Waals surface area contributed by atoms with E-state index in [1.807, 2.05) is 37.3 Å². The molecular weight excluding hydrogens is 534 g/mol. The number of nitrogens with zero attached hydrogens (tertiary/aromatic N) is 1. The number of amides is 3. The highest BCUT2D eigenvalue weighted by Gasteiger charge is 2.64. The maximum atomic E-state index is 13.8. The number of likely N-dealkylation sites (N-methyl/N-ethyl adjacent to an activating group) is 1. The number of esters is 1. The molecule has 2 N–H and O–H groups in total. The van der Waals surface area contributed by atoms with Gasteiger partial charge in [-0.2, -0.15) is 0 Å². The fourth-order valence-electron chi connectivity index (χ4n) is 4.34. The molecule has 1 aliphatic heterocycles. The number of benzene rings is 3. The summed E-state index contributed by atoms with van der Waals surface area (Å²) in [5.74, 6) is -0.503. The van der Waals surface area contributed by atoms with Crippen LogP contribution in [0.4, 0.5) is 10.5 Å². The maximum Gasteiger partial charge on any atom is 0.339 e. The van der Waals surface area contributed by atoms with Crippen molar-refractivity contribution < 1.29 is 33.4 Å². The second kappa shape index (κ2) is 12.0. The van der Waals surface area contributed by atoms with E-state index in [0.717, 1.165) is 5.56 Å². The average molecular weight is 564 g/mol. The largest absolute Gasteiger partial charge is 0.497 e. The van der Waals surface area contributed by atoms with Crippen LogP contribution in [-0.4, -0.2) is 54.9 Å². The third-order valence-corrected chi connectivity index (χ3v) is 9.19. The van der Waals surface area contributed by atoms with E-state index in [1.54, 1.807) is 43.5 Å². The molecular formula is C29H29N3O7S. The van der Waals surface area contributed by atoms with Crippen LogP contribution in [0.2, 0.25) is 0 Å². The van der Waals surface area contributed by atoms with Crippen molar-refractivity contribution in [2.75, 3.05) is 25.7 Å². The first-order valence-corrected chi connectivity index (χ1v) is 14.1. The van der Waals surface area contributed by atoms with Crippen molar-refractivity contribution in [2.24, 2.45) is 0 Å². The van der Waals surface area contributed by atoms with Crippen molar-refractivity contribution in [1.82, 2.24) is 10.0 Å². The molecule has 3 aromatic carbocycles. The van der Waals surface area contributed by atoms with E-state index >= 15 is 0 Å². The summed E-state index contributed by atoms with van der Waals surface area (Å²) >= 11 is 0. The Morgan fingerprint density at radius 1 is 0.875 bits per heavy atom. The highest BCUT2D eigenvalue weighted by molar-refractivity contribution is 8.69. The topological polar surface area (TPSA) is 131 Å². The minimum Gasteiger partial charge on any atom is -0.497 e. The van der Waals surface area contributed by atoms with Crippen molar-refractivity contribution >= 4 is 44.0 Å². The van der Waals surface area contributed by atoms with Gasteiger partial charge in [-0.05, 0) is 48.9 Å². The third-order valence-electron chi connectivity index (χ3n) is 6.40. The fourth-order valence-corrected chi connectivity index (χ4v) is 6.75. The van der Waals surface area contributed by atoms with Gasteiger partial charge in [-0.1, -0.05) is 42.5 Å². The molecule has 40 heavy (non-hydrogen) atoms. The molecule has 1 saturated heterocycles. The van der Waals surface area contributed by atoms with Crippen LogP contribution in [0, 0.1) is 0 Å². The van der Waals surface area contributed by atoms with Crippen molar-refractivity contribution in [3.63, 3.8) is 0 Å². The Bertz CT molecular complexity index is 1430. The Morgan fingerprint density at radius 2 is 1.50 bits per heavy atom. The number of methoxy groups -OCH3 is 2. The van der Waals surface area contributed by atoms with Gasteiger partial charge in [0.05, 0.1) is 19.8 Å². The molecule has 1 aliphatic rings. The van der Waals surface area contributed by atoms with Gasteiger partial charge < -0.3 is 19.7 Å². The van der Waals surface area contributed by atoms with Crippen LogP contribution in [0.3, 0.4) is 0 Å². The lowest BCUT2D eigenvalue weighted by Gasteiger charge is -2.28. The molecule has 0 saturated carbocycles. The molecule has 10 nitrogen and oxygen atoms in total. The summed E-state index contributed by atoms with van der Waals surface area (Å²) in [6, 6.07) is 20.2. The van der Waals surface area contributed by atoms with Gasteiger partial charge in [0, 0.05) is 33.8 Å². The number of hydrogen-bond donors (Lipinski definition) is 2. The Morgan fingerprint density at radius 3 is 2.08 bits per heavy atom. The molecule has 0 bridgehead atoms. The zero-order valence-corrected chi connectivity index (χ0v) is 23.0. The molecule has 1 heterocycles. The highest BCUT2D eigenvalue weighted by atomic mass is 32.3. The van der Waals surface area contributed by atoms with E-state index in [2.05, 4.69) is 10.0 Å². The summed E-state index contributed by atoms with van der Waals surface area (Å²) in [5, 5.41) is 1.09. The quantitative estimate of drug-likeness (QED) is 0.219. The minimum absolute atomic E-state index is 0.00748. The second-order valence-corrected chi connectivity index (χ2v) is 11.4. The number of rotatable bonds is 10. The normalized spacial score (nSPS) is 14.9. The second-order valence-electron chi connectivity index (χ2n) is 8.77. The van der Waals surface area contributed by atoms with Crippen LogP contribution in [-0.2, 0) is 25.5 Å². The highest BCUT2D eigenvalue weighted by Crippen LogP contribution is 2.68. The fraction of sp³-hybridized carbons (Fsp3) is 0.207. The first-order chi connectivity index (χ1) is 19.3. The number of hydrogen-bond acceptors (Lipinski definition) is 7. The van der Waals surface area contributed by atoms with Gasteiger partial charge in [0.15, 0.2) is 0 Å². The third kappa shape index (κ3) is 5.55. The average Bonchev–Trinajstić information content (AvgIpc) is 3.50. The summed E-state index contributed by atoms with van der Waals surface area (Å²) < 4.78 is 12.5. The monoisotopic (exact) mass is 563 g/mol. The lowest BCUT2D eigenvalue weighted by Crippen LogP contribution is -2.52. The van der Waals surface area contributed by atoms with Gasteiger partial charge in [0.25, 0.3) is 10.2 Å². The molecule has 208 valence electrons. The van der Waals surface area contributed by atoms with Crippen LogP contribution in [0.1, 0.15) is 22.8 Å². The molecule has 0 spiro atoms. The van der Waals surface area contributed by atoms with Gasteiger partial charge >= 0.3 is 12.0 Å². The van der Waals surface area contributed by atoms with Gasteiger partial charge in [-0.25, -0.2) is 9.59 Å². The van der Waals surface area contributed by atoms with E-state index < -0.39 is 38.5 Å². The van der Waals surface area contributed by atoms with Crippen molar-refractivity contribution in [3.8, 4) is 5.75 Å². The summed E-state index contributed by atoms with van der Waals surface area (Å²) in [6.45, 7) is 2.13. The summed E-state index contributed by atoms with van der Waals surface area (Å²) in [7, 11) is -0.436. The Labute approximate surface area is 233 Å². The number of carbonyl (C=O) groups is 5. The number of anilines is 1. The Balaban J connectivity index is 1.63. The van der Waals surface area contributed by atoms with Crippen molar-refractivity contribution in [1.29, 1.82) is 0 Å². The van der Waals surface area contributed by atoms with Gasteiger partial charge in [-0.15, -0.1) is 0 Å². The van der Waals surface area contributed by atoms with E-state index in [-0.39, 0.29) is 22.8 Å². The standard InChI is InChI=1S/C29H29N3O7S/c1-4-32(20-14-16-21(38-2)17-15-20)25(33)23(18-19-10-6-5-7-11-19)30-29(37)31-40(27(35)28(40)36)24-13-9-8-12-22(24)26(34)39-3/h5-17,23H,4,18H2,1-3H3,(H2,30,31,37)/t23-/m0/s1. The zero-order valence-electron chi connectivity index (χ0n) is 22.2. The molecule has 0 aromatic heterocycles. The van der Waals surface area contributed by atoms with E-state index in [0.29, 0.717) is 18.0 Å². The smallest absolute Gasteiger partial charge is 0.339 e. The van der Waals surface area contributed by atoms with Crippen molar-refractivity contribution in [2.45, 2.75) is 24.3 Å². The Kier molecular flexibility index (Phi) is 8.54. The SMILES string of the molecule is CCN(C(=O)[C@H](Cc1ccccc1)NC(=O)NS1(c2ccccc2C(=O)OC)C(=O)C1=O)c1ccc(OC)cc1. The maximum absolute atomic E-state index is 13.8. The summed E-state index contributed by atoms with van der Waals surface area (Å²) in [5.41, 5.74) is 1.41. The molecule has 11 heteroatoms. The predicted octanol–water partition coefficient (Wildman–Crippen LogP) is 3.59. The number of urea groups is 1. The minimum atomic E-state index is -3.16. The van der Waals surface area contributed by atoms with Crippen LogP contribution in [0.5, 0.6) is 5.75 Å².